The number of aromatic nitrogens is 3. The minimum atomic E-state index is -2.64. The molecule has 0 saturated heterocycles. The normalized spacial score (nSPS) is 11.2. The highest BCUT2D eigenvalue weighted by Crippen LogP contribution is 2.26. The highest BCUT2D eigenvalue weighted by Gasteiger charge is 2.21. The predicted octanol–water partition coefficient (Wildman–Crippen LogP) is 2.85. The maximum atomic E-state index is 12.9. The fourth-order valence-electron chi connectivity index (χ4n) is 3.17. The number of fused-ring (bicyclic) bond motifs is 1. The molecule has 2 aromatic heterocycles. The van der Waals surface area contributed by atoms with Crippen LogP contribution in [0.3, 0.4) is 0 Å². The van der Waals surface area contributed by atoms with Gasteiger partial charge in [0.25, 0.3) is 12.3 Å². The van der Waals surface area contributed by atoms with Crippen LogP contribution in [0.5, 0.6) is 11.5 Å². The first kappa shape index (κ1) is 22.4. The summed E-state index contributed by atoms with van der Waals surface area (Å²) >= 11 is 0. The first-order valence-corrected chi connectivity index (χ1v) is 9.55. The molecule has 0 bridgehead atoms. The Morgan fingerprint density at radius 3 is 2.65 bits per heavy atom. The second-order valence-electron chi connectivity index (χ2n) is 6.75. The highest BCUT2D eigenvalue weighted by molar-refractivity contribution is 5.96. The third-order valence-corrected chi connectivity index (χ3v) is 4.75. The Bertz CT molecular complexity index is 1040. The van der Waals surface area contributed by atoms with E-state index in [4.69, 9.17) is 14.2 Å². The molecule has 3 aromatic rings. The van der Waals surface area contributed by atoms with Crippen LogP contribution in [-0.2, 0) is 11.3 Å². The Morgan fingerprint density at radius 2 is 1.97 bits per heavy atom. The van der Waals surface area contributed by atoms with Gasteiger partial charge in [0, 0.05) is 36.9 Å². The van der Waals surface area contributed by atoms with Crippen molar-refractivity contribution in [1.82, 2.24) is 19.7 Å². The monoisotopic (exact) mass is 434 g/mol. The maximum Gasteiger partial charge on any atom is 0.255 e. The number of ether oxygens (including phenoxy) is 3. The molecule has 0 saturated carbocycles. The number of halogens is 2. The molecule has 1 amide bonds. The van der Waals surface area contributed by atoms with Gasteiger partial charge < -0.3 is 19.1 Å². The Kier molecular flexibility index (Phi) is 7.35. The zero-order valence-corrected chi connectivity index (χ0v) is 17.5. The van der Waals surface area contributed by atoms with E-state index in [0.717, 1.165) is 10.5 Å². The largest absolute Gasteiger partial charge is 0.497 e. The van der Waals surface area contributed by atoms with Crippen molar-refractivity contribution >= 4 is 16.9 Å². The van der Waals surface area contributed by atoms with Crippen LogP contribution in [0.1, 0.15) is 15.9 Å². The lowest BCUT2D eigenvalue weighted by Crippen LogP contribution is -2.37. The van der Waals surface area contributed by atoms with Crippen LogP contribution >= 0.6 is 0 Å². The average Bonchev–Trinajstić information content (AvgIpc) is 3.18. The summed E-state index contributed by atoms with van der Waals surface area (Å²) in [5, 5.41) is 4.98. The summed E-state index contributed by atoms with van der Waals surface area (Å²) in [5.74, 6) is 0.793. The first-order valence-electron chi connectivity index (χ1n) is 9.55. The third-order valence-electron chi connectivity index (χ3n) is 4.75. The molecule has 0 spiro atoms. The van der Waals surface area contributed by atoms with Crippen molar-refractivity contribution in [2.24, 2.45) is 0 Å². The summed E-state index contributed by atoms with van der Waals surface area (Å²) in [5.41, 5.74) is 1.65. The van der Waals surface area contributed by atoms with E-state index in [1.807, 2.05) is 12.1 Å². The lowest BCUT2D eigenvalue weighted by atomic mass is 10.2. The SMILES string of the molecule is COCCN(CC(F)F)C(=O)c1cnc2c(cnn2Cc2ccc(OC)cc2OC)c1. The van der Waals surface area contributed by atoms with Crippen molar-refractivity contribution in [1.29, 1.82) is 0 Å². The molecular weight excluding hydrogens is 410 g/mol. The van der Waals surface area contributed by atoms with Gasteiger partial charge in [0.1, 0.15) is 11.5 Å². The Morgan fingerprint density at radius 1 is 1.16 bits per heavy atom. The summed E-state index contributed by atoms with van der Waals surface area (Å²) in [6.45, 7) is -0.0525. The van der Waals surface area contributed by atoms with Crippen molar-refractivity contribution in [2.45, 2.75) is 13.0 Å². The predicted molar refractivity (Wildman–Crippen MR) is 110 cm³/mol. The number of pyridine rings is 1. The van der Waals surface area contributed by atoms with Crippen LogP contribution in [0.4, 0.5) is 8.78 Å². The number of hydrogen-bond donors (Lipinski definition) is 0. The average molecular weight is 434 g/mol. The number of carbonyl (C=O) groups is 1. The topological polar surface area (TPSA) is 78.7 Å². The van der Waals surface area contributed by atoms with Crippen molar-refractivity contribution in [2.75, 3.05) is 41.0 Å². The number of nitrogens with zero attached hydrogens (tertiary/aromatic N) is 4. The molecule has 0 fully saturated rings. The smallest absolute Gasteiger partial charge is 0.255 e. The number of benzene rings is 1. The minimum Gasteiger partial charge on any atom is -0.497 e. The van der Waals surface area contributed by atoms with Crippen LogP contribution in [-0.4, -0.2) is 73.0 Å². The number of hydrogen-bond acceptors (Lipinski definition) is 6. The van der Waals surface area contributed by atoms with E-state index in [1.165, 1.54) is 13.3 Å². The molecule has 0 atom stereocenters. The van der Waals surface area contributed by atoms with Gasteiger partial charge in [-0.15, -0.1) is 0 Å². The van der Waals surface area contributed by atoms with E-state index in [9.17, 15) is 13.6 Å². The van der Waals surface area contributed by atoms with Gasteiger partial charge in [0.05, 0.1) is 45.7 Å². The second kappa shape index (κ2) is 10.2. The van der Waals surface area contributed by atoms with E-state index >= 15 is 0 Å². The van der Waals surface area contributed by atoms with Crippen LogP contribution in [0.2, 0.25) is 0 Å². The molecule has 8 nitrogen and oxygen atoms in total. The van der Waals surface area contributed by atoms with Gasteiger partial charge in [-0.25, -0.2) is 18.4 Å². The number of carbonyl (C=O) groups excluding carboxylic acids is 1. The van der Waals surface area contributed by atoms with Gasteiger partial charge in [-0.1, -0.05) is 0 Å². The standard InChI is InChI=1S/C21H24F2N4O4/c1-29-7-6-26(13-19(22)23)21(28)16-8-15-11-25-27(20(15)24-10-16)12-14-4-5-17(30-2)9-18(14)31-3/h4-5,8-11,19H,6-7,12-13H2,1-3H3. The van der Waals surface area contributed by atoms with Gasteiger partial charge in [0.2, 0.25) is 0 Å². The molecule has 10 heteroatoms. The summed E-state index contributed by atoms with van der Waals surface area (Å²) in [6.07, 6.45) is 0.320. The molecule has 0 unspecified atom stereocenters. The molecular formula is C21H24F2N4O4. The molecule has 3 rings (SSSR count). The second-order valence-corrected chi connectivity index (χ2v) is 6.75. The maximum absolute atomic E-state index is 12.9. The van der Waals surface area contributed by atoms with Crippen molar-refractivity contribution in [3.8, 4) is 11.5 Å². The summed E-state index contributed by atoms with van der Waals surface area (Å²) in [7, 11) is 4.60. The van der Waals surface area contributed by atoms with Gasteiger partial charge in [-0.2, -0.15) is 5.10 Å². The van der Waals surface area contributed by atoms with Crippen molar-refractivity contribution < 1.29 is 27.8 Å². The van der Waals surface area contributed by atoms with Gasteiger partial charge in [0.15, 0.2) is 5.65 Å². The molecule has 0 aliphatic heterocycles. The van der Waals surface area contributed by atoms with Crippen LogP contribution in [0, 0.1) is 0 Å². The van der Waals surface area contributed by atoms with E-state index in [-0.39, 0.29) is 18.7 Å². The quantitative estimate of drug-likeness (QED) is 0.488. The minimum absolute atomic E-state index is 0.0637. The van der Waals surface area contributed by atoms with E-state index < -0.39 is 18.9 Å². The Labute approximate surface area is 178 Å². The van der Waals surface area contributed by atoms with Crippen molar-refractivity contribution in [3.63, 3.8) is 0 Å². The lowest BCUT2D eigenvalue weighted by Gasteiger charge is -2.21. The zero-order valence-electron chi connectivity index (χ0n) is 17.5. The molecule has 2 heterocycles. The van der Waals surface area contributed by atoms with Crippen molar-refractivity contribution in [3.05, 3.63) is 47.8 Å². The number of alkyl halides is 2. The van der Waals surface area contributed by atoms with Crippen LogP contribution in [0.25, 0.3) is 11.0 Å². The first-order chi connectivity index (χ1) is 15.0. The van der Waals surface area contributed by atoms with Gasteiger partial charge >= 0.3 is 0 Å². The molecule has 0 aliphatic rings. The fourth-order valence-corrected chi connectivity index (χ4v) is 3.17. The molecule has 0 radical (unpaired) electrons. The third kappa shape index (κ3) is 5.26. The Balaban J connectivity index is 1.85. The zero-order chi connectivity index (χ0) is 22.4. The molecule has 166 valence electrons. The van der Waals surface area contributed by atoms with E-state index in [0.29, 0.717) is 29.1 Å². The summed E-state index contributed by atoms with van der Waals surface area (Å²) < 4.78 is 43.0. The number of methoxy groups -OCH3 is 3. The molecule has 0 N–H and O–H groups in total. The summed E-state index contributed by atoms with van der Waals surface area (Å²) in [6, 6.07) is 7.08. The fraction of sp³-hybridized carbons (Fsp3) is 0.381. The lowest BCUT2D eigenvalue weighted by molar-refractivity contribution is 0.0478. The number of rotatable bonds is 10. The highest BCUT2D eigenvalue weighted by atomic mass is 19.3. The number of amides is 1. The van der Waals surface area contributed by atoms with Gasteiger partial charge in [-0.05, 0) is 18.2 Å². The molecule has 31 heavy (non-hydrogen) atoms. The van der Waals surface area contributed by atoms with Crippen LogP contribution < -0.4 is 9.47 Å². The molecule has 0 aliphatic carbocycles. The molecule has 1 aromatic carbocycles. The van der Waals surface area contributed by atoms with E-state index in [1.54, 1.807) is 37.2 Å². The van der Waals surface area contributed by atoms with Crippen LogP contribution in [0.15, 0.2) is 36.7 Å². The van der Waals surface area contributed by atoms with E-state index in [2.05, 4.69) is 10.1 Å². The summed E-state index contributed by atoms with van der Waals surface area (Å²) in [4.78, 5) is 18.1. The van der Waals surface area contributed by atoms with Gasteiger partial charge in [-0.3, -0.25) is 4.79 Å². The Hall–Kier alpha value is -3.27.